The molecule has 0 spiro atoms. The molecule has 0 unspecified atom stereocenters. The van der Waals surface area contributed by atoms with Gasteiger partial charge in [-0.15, -0.1) is 0 Å². The number of carbonyl (C=O) groups is 2. The van der Waals surface area contributed by atoms with Crippen LogP contribution in [0.4, 0.5) is 0 Å². The Hall–Kier alpha value is -2.99. The van der Waals surface area contributed by atoms with E-state index in [9.17, 15) is 9.59 Å². The monoisotopic (exact) mass is 387 g/mol. The smallest absolute Gasteiger partial charge is 0.273 e. The van der Waals surface area contributed by atoms with Gasteiger partial charge in [0.2, 0.25) is 0 Å². The average Bonchev–Trinajstić information content (AvgIpc) is 2.91. The first-order valence-electron chi connectivity index (χ1n) is 8.12. The lowest BCUT2D eigenvalue weighted by Crippen LogP contribution is -2.30. The van der Waals surface area contributed by atoms with Gasteiger partial charge in [-0.1, -0.05) is 35.9 Å². The van der Waals surface area contributed by atoms with Crippen LogP contribution in [0.5, 0.6) is 17.2 Å². The number of para-hydroxylation sites is 1. The summed E-state index contributed by atoms with van der Waals surface area (Å²) in [5.74, 6) is 0.533. The molecule has 0 aliphatic carbocycles. The van der Waals surface area contributed by atoms with Gasteiger partial charge in [-0.25, -0.2) is 0 Å². The van der Waals surface area contributed by atoms with Crippen molar-refractivity contribution in [1.29, 1.82) is 0 Å². The summed E-state index contributed by atoms with van der Waals surface area (Å²) in [5.41, 5.74) is 1.33. The van der Waals surface area contributed by atoms with Crippen LogP contribution in [0.2, 0.25) is 0 Å². The van der Waals surface area contributed by atoms with E-state index in [1.54, 1.807) is 30.3 Å². The number of carbonyl (C=O) groups excluding carboxylic acids is 2. The zero-order valence-electron chi connectivity index (χ0n) is 15.1. The number of ether oxygens (including phenoxy) is 3. The second kappa shape index (κ2) is 7.72. The Kier molecular flexibility index (Phi) is 5.37. The number of hydrogen-bond acceptors (Lipinski definition) is 5. The maximum atomic E-state index is 12.9. The number of benzene rings is 2. The quantitative estimate of drug-likeness (QED) is 0.712. The molecule has 6 nitrogen and oxygen atoms in total. The van der Waals surface area contributed by atoms with Gasteiger partial charge in [0.25, 0.3) is 11.8 Å². The predicted molar refractivity (Wildman–Crippen MR) is 101 cm³/mol. The fourth-order valence-corrected chi connectivity index (χ4v) is 3.23. The largest absolute Gasteiger partial charge is 0.496 e. The Bertz CT molecular complexity index is 938. The normalized spacial score (nSPS) is 14.0. The molecule has 1 aliphatic rings. The van der Waals surface area contributed by atoms with Gasteiger partial charge in [0.15, 0.2) is 11.5 Å². The van der Waals surface area contributed by atoms with E-state index >= 15 is 0 Å². The third kappa shape index (κ3) is 3.36. The summed E-state index contributed by atoms with van der Waals surface area (Å²) in [7, 11) is 4.54. The van der Waals surface area contributed by atoms with Crippen molar-refractivity contribution in [2.24, 2.45) is 0 Å². The number of amides is 2. The van der Waals surface area contributed by atoms with Crippen molar-refractivity contribution >= 4 is 29.0 Å². The maximum absolute atomic E-state index is 12.9. The SMILES string of the molecule is COc1ccccc1CN1C(=O)C(Cl)=C(c2ccc(OC)c(OC)c2)C1=O. The molecule has 0 atom stereocenters. The molecule has 0 saturated carbocycles. The first-order chi connectivity index (χ1) is 13.0. The zero-order chi connectivity index (χ0) is 19.6. The Balaban J connectivity index is 1.95. The molecule has 27 heavy (non-hydrogen) atoms. The van der Waals surface area contributed by atoms with Crippen LogP contribution in [0, 0.1) is 0 Å². The van der Waals surface area contributed by atoms with Crippen molar-refractivity contribution < 1.29 is 23.8 Å². The molecule has 2 amide bonds. The van der Waals surface area contributed by atoms with E-state index in [-0.39, 0.29) is 17.2 Å². The second-order valence-electron chi connectivity index (χ2n) is 5.77. The third-order valence-corrected chi connectivity index (χ3v) is 4.66. The van der Waals surface area contributed by atoms with Gasteiger partial charge >= 0.3 is 0 Å². The summed E-state index contributed by atoms with van der Waals surface area (Å²) in [5, 5.41) is -0.123. The summed E-state index contributed by atoms with van der Waals surface area (Å²) >= 11 is 6.23. The lowest BCUT2D eigenvalue weighted by molar-refractivity contribution is -0.137. The van der Waals surface area contributed by atoms with Crippen molar-refractivity contribution in [1.82, 2.24) is 4.90 Å². The predicted octanol–water partition coefficient (Wildman–Crippen LogP) is 3.23. The van der Waals surface area contributed by atoms with E-state index in [1.807, 2.05) is 12.1 Å². The molecule has 2 aromatic rings. The third-order valence-electron chi connectivity index (χ3n) is 4.30. The molecule has 1 heterocycles. The lowest BCUT2D eigenvalue weighted by Gasteiger charge is -2.17. The molecule has 7 heteroatoms. The van der Waals surface area contributed by atoms with Crippen molar-refractivity contribution in [2.75, 3.05) is 21.3 Å². The average molecular weight is 388 g/mol. The molecule has 0 bridgehead atoms. The highest BCUT2D eigenvalue weighted by Crippen LogP contribution is 2.37. The minimum atomic E-state index is -0.544. The highest BCUT2D eigenvalue weighted by Gasteiger charge is 2.38. The van der Waals surface area contributed by atoms with Crippen LogP contribution in [0.15, 0.2) is 47.5 Å². The van der Waals surface area contributed by atoms with E-state index in [2.05, 4.69) is 0 Å². The van der Waals surface area contributed by atoms with Gasteiger partial charge in [-0.2, -0.15) is 0 Å². The van der Waals surface area contributed by atoms with Crippen LogP contribution >= 0.6 is 11.6 Å². The summed E-state index contributed by atoms with van der Waals surface area (Å²) in [6.45, 7) is 0.0642. The minimum absolute atomic E-state index is 0.0642. The zero-order valence-corrected chi connectivity index (χ0v) is 15.9. The van der Waals surface area contributed by atoms with Crippen molar-refractivity contribution in [3.63, 3.8) is 0 Å². The van der Waals surface area contributed by atoms with Crippen LogP contribution in [0.1, 0.15) is 11.1 Å². The second-order valence-corrected chi connectivity index (χ2v) is 6.15. The van der Waals surface area contributed by atoms with Gasteiger partial charge in [0.1, 0.15) is 10.8 Å². The molecule has 3 rings (SSSR count). The van der Waals surface area contributed by atoms with Crippen LogP contribution in [-0.4, -0.2) is 38.0 Å². The summed E-state index contributed by atoms with van der Waals surface area (Å²) < 4.78 is 15.8. The molecular formula is C20H18ClNO5. The Labute approximate surface area is 161 Å². The number of imide groups is 1. The number of rotatable bonds is 6. The fourth-order valence-electron chi connectivity index (χ4n) is 2.94. The number of nitrogens with zero attached hydrogens (tertiary/aromatic N) is 1. The molecule has 1 aliphatic heterocycles. The first-order valence-corrected chi connectivity index (χ1v) is 8.49. The Morgan fingerprint density at radius 1 is 0.852 bits per heavy atom. The first kappa shape index (κ1) is 18.8. The van der Waals surface area contributed by atoms with Crippen LogP contribution in [-0.2, 0) is 16.1 Å². The molecule has 0 fully saturated rings. The minimum Gasteiger partial charge on any atom is -0.496 e. The van der Waals surface area contributed by atoms with Gasteiger partial charge in [0, 0.05) is 5.56 Å². The van der Waals surface area contributed by atoms with Crippen molar-refractivity contribution in [3.05, 3.63) is 58.6 Å². The van der Waals surface area contributed by atoms with Crippen molar-refractivity contribution in [3.8, 4) is 17.2 Å². The number of hydrogen-bond donors (Lipinski definition) is 0. The standard InChI is InChI=1S/C20H18ClNO5/c1-25-14-7-5-4-6-13(14)11-22-19(23)17(18(21)20(22)24)12-8-9-15(26-2)16(10-12)27-3/h4-10H,11H2,1-3H3. The molecular weight excluding hydrogens is 370 g/mol. The summed E-state index contributed by atoms with van der Waals surface area (Å²) in [6, 6.07) is 12.1. The highest BCUT2D eigenvalue weighted by atomic mass is 35.5. The summed E-state index contributed by atoms with van der Waals surface area (Å²) in [4.78, 5) is 26.6. The van der Waals surface area contributed by atoms with Gasteiger partial charge < -0.3 is 14.2 Å². The van der Waals surface area contributed by atoms with Gasteiger partial charge in [0.05, 0.1) is 33.4 Å². The number of halogens is 1. The topological polar surface area (TPSA) is 65.1 Å². The van der Waals surface area contributed by atoms with Crippen molar-refractivity contribution in [2.45, 2.75) is 6.54 Å². The molecule has 0 aromatic heterocycles. The Morgan fingerprint density at radius 3 is 2.19 bits per heavy atom. The van der Waals surface area contributed by atoms with E-state index in [0.717, 1.165) is 4.90 Å². The number of methoxy groups -OCH3 is 3. The molecule has 0 N–H and O–H groups in total. The van der Waals surface area contributed by atoms with E-state index < -0.39 is 11.8 Å². The molecule has 140 valence electrons. The molecule has 0 radical (unpaired) electrons. The summed E-state index contributed by atoms with van der Waals surface area (Å²) in [6.07, 6.45) is 0. The lowest BCUT2D eigenvalue weighted by atomic mass is 10.1. The van der Waals surface area contributed by atoms with E-state index in [1.165, 1.54) is 21.3 Å². The molecule has 2 aromatic carbocycles. The van der Waals surface area contributed by atoms with Crippen LogP contribution in [0.25, 0.3) is 5.57 Å². The Morgan fingerprint density at radius 2 is 1.52 bits per heavy atom. The van der Waals surface area contributed by atoms with Gasteiger partial charge in [-0.05, 0) is 23.8 Å². The van der Waals surface area contributed by atoms with E-state index in [4.69, 9.17) is 25.8 Å². The van der Waals surface area contributed by atoms with Gasteiger partial charge in [-0.3, -0.25) is 14.5 Å². The fraction of sp³-hybridized carbons (Fsp3) is 0.200. The van der Waals surface area contributed by atoms with Crippen LogP contribution in [0.3, 0.4) is 0 Å². The molecule has 0 saturated heterocycles. The highest BCUT2D eigenvalue weighted by molar-refractivity contribution is 6.55. The van der Waals surface area contributed by atoms with Crippen LogP contribution < -0.4 is 14.2 Å². The van der Waals surface area contributed by atoms with E-state index in [0.29, 0.717) is 28.4 Å². The maximum Gasteiger partial charge on any atom is 0.273 e.